The maximum Gasteiger partial charge on any atom is 0.280 e. The highest BCUT2D eigenvalue weighted by molar-refractivity contribution is 7.87. The number of nitrogens with zero attached hydrogens (tertiary/aromatic N) is 2. The van der Waals surface area contributed by atoms with E-state index >= 15 is 0 Å². The number of piperidine rings is 1. The van der Waals surface area contributed by atoms with Gasteiger partial charge in [0, 0.05) is 19.6 Å². The Hall–Kier alpha value is -1.64. The molecule has 0 saturated carbocycles. The summed E-state index contributed by atoms with van der Waals surface area (Å²) < 4.78 is 34.3. The second-order valence-electron chi connectivity index (χ2n) is 7.10. The number of amides is 1. The summed E-state index contributed by atoms with van der Waals surface area (Å²) in [6.07, 6.45) is 3.44. The van der Waals surface area contributed by atoms with Crippen LogP contribution in [0.3, 0.4) is 0 Å². The quantitative estimate of drug-likeness (QED) is 0.864. The Morgan fingerprint density at radius 3 is 2.77 bits per heavy atom. The Bertz CT molecular complexity index is 767. The van der Waals surface area contributed by atoms with Gasteiger partial charge in [-0.2, -0.15) is 17.4 Å². The normalized spacial score (nSPS) is 29.3. The molecular weight excluding hydrogens is 354 g/mol. The van der Waals surface area contributed by atoms with Crippen LogP contribution in [0.1, 0.15) is 44.2 Å². The zero-order chi connectivity index (χ0) is 18.9. The van der Waals surface area contributed by atoms with Crippen LogP contribution in [0.2, 0.25) is 0 Å². The lowest BCUT2D eigenvalue weighted by molar-refractivity contribution is -0.139. The third-order valence-corrected chi connectivity index (χ3v) is 7.03. The molecule has 0 spiro atoms. The predicted octanol–water partition coefficient (Wildman–Crippen LogP) is 1.68. The van der Waals surface area contributed by atoms with Crippen LogP contribution >= 0.6 is 0 Å². The van der Waals surface area contributed by atoms with Crippen molar-refractivity contribution in [1.82, 2.24) is 13.9 Å². The van der Waals surface area contributed by atoms with E-state index in [0.717, 1.165) is 24.8 Å². The van der Waals surface area contributed by atoms with E-state index in [1.54, 1.807) is 7.11 Å². The number of likely N-dealkylation sites (N-methyl/N-ethyl adjacent to an activating group) is 1. The first-order chi connectivity index (χ1) is 12.3. The summed E-state index contributed by atoms with van der Waals surface area (Å²) in [5.41, 5.74) is 0.797. The number of carbonyl (C=O) groups is 1. The SMILES string of the molecule is COc1cccc([C@@H]2C[C@@H](C(=O)N3CCCC[C@H]3C)N(C)S(=O)(=O)N2)c1. The Kier molecular flexibility index (Phi) is 5.55. The van der Waals surface area contributed by atoms with Gasteiger partial charge in [-0.1, -0.05) is 12.1 Å². The number of ether oxygens (including phenoxy) is 1. The van der Waals surface area contributed by atoms with Gasteiger partial charge in [0.05, 0.1) is 13.2 Å². The van der Waals surface area contributed by atoms with E-state index in [-0.39, 0.29) is 11.9 Å². The Labute approximate surface area is 155 Å². The van der Waals surface area contributed by atoms with Crippen molar-refractivity contribution in [3.63, 3.8) is 0 Å². The van der Waals surface area contributed by atoms with Crippen LogP contribution in [-0.2, 0) is 15.0 Å². The highest BCUT2D eigenvalue weighted by Crippen LogP contribution is 2.31. The van der Waals surface area contributed by atoms with Gasteiger partial charge in [-0.05, 0) is 50.3 Å². The van der Waals surface area contributed by atoms with E-state index in [0.29, 0.717) is 18.7 Å². The van der Waals surface area contributed by atoms with Crippen molar-refractivity contribution in [2.24, 2.45) is 0 Å². The van der Waals surface area contributed by atoms with Gasteiger partial charge in [0.1, 0.15) is 11.8 Å². The summed E-state index contributed by atoms with van der Waals surface area (Å²) in [5.74, 6) is 0.561. The van der Waals surface area contributed by atoms with Crippen molar-refractivity contribution in [3.8, 4) is 5.75 Å². The fraction of sp³-hybridized carbons (Fsp3) is 0.611. The van der Waals surface area contributed by atoms with Gasteiger partial charge >= 0.3 is 0 Å². The van der Waals surface area contributed by atoms with Gasteiger partial charge in [-0.15, -0.1) is 0 Å². The fourth-order valence-electron chi connectivity index (χ4n) is 3.79. The first kappa shape index (κ1) is 19.1. The van der Waals surface area contributed by atoms with Gasteiger partial charge in [0.2, 0.25) is 5.91 Å². The van der Waals surface area contributed by atoms with Crippen LogP contribution < -0.4 is 9.46 Å². The minimum atomic E-state index is -3.73. The molecule has 3 rings (SSSR count). The number of rotatable bonds is 3. The molecule has 2 aliphatic rings. The molecule has 26 heavy (non-hydrogen) atoms. The summed E-state index contributed by atoms with van der Waals surface area (Å²) in [6.45, 7) is 2.73. The zero-order valence-corrected chi connectivity index (χ0v) is 16.3. The summed E-state index contributed by atoms with van der Waals surface area (Å²) in [5, 5.41) is 0. The minimum Gasteiger partial charge on any atom is -0.497 e. The van der Waals surface area contributed by atoms with Crippen LogP contribution in [0.25, 0.3) is 0 Å². The zero-order valence-electron chi connectivity index (χ0n) is 15.5. The maximum atomic E-state index is 13.1. The summed E-state index contributed by atoms with van der Waals surface area (Å²) in [7, 11) is -0.689. The average molecular weight is 381 g/mol. The third-order valence-electron chi connectivity index (χ3n) is 5.44. The molecular formula is C18H27N3O4S. The van der Waals surface area contributed by atoms with Crippen molar-refractivity contribution in [2.75, 3.05) is 20.7 Å². The van der Waals surface area contributed by atoms with Crippen molar-refractivity contribution in [3.05, 3.63) is 29.8 Å². The van der Waals surface area contributed by atoms with Gasteiger partial charge in [0.25, 0.3) is 10.2 Å². The summed E-state index contributed by atoms with van der Waals surface area (Å²) >= 11 is 0. The topological polar surface area (TPSA) is 79.0 Å². The van der Waals surface area contributed by atoms with E-state index in [1.165, 1.54) is 11.4 Å². The molecule has 0 unspecified atom stereocenters. The highest BCUT2D eigenvalue weighted by atomic mass is 32.2. The Morgan fingerprint density at radius 1 is 1.31 bits per heavy atom. The molecule has 3 atom stereocenters. The molecule has 0 aliphatic carbocycles. The molecule has 7 nitrogen and oxygen atoms in total. The van der Waals surface area contributed by atoms with E-state index in [1.807, 2.05) is 36.1 Å². The second-order valence-corrected chi connectivity index (χ2v) is 8.86. The molecule has 1 amide bonds. The van der Waals surface area contributed by atoms with Crippen molar-refractivity contribution in [1.29, 1.82) is 0 Å². The summed E-state index contributed by atoms with van der Waals surface area (Å²) in [6, 6.07) is 6.29. The van der Waals surface area contributed by atoms with Crippen LogP contribution in [0.15, 0.2) is 24.3 Å². The molecule has 0 bridgehead atoms. The largest absolute Gasteiger partial charge is 0.497 e. The first-order valence-electron chi connectivity index (χ1n) is 9.03. The van der Waals surface area contributed by atoms with Gasteiger partial charge in [0.15, 0.2) is 0 Å². The molecule has 1 aromatic rings. The van der Waals surface area contributed by atoms with Crippen LogP contribution in [0, 0.1) is 0 Å². The number of hydrogen-bond donors (Lipinski definition) is 1. The second kappa shape index (κ2) is 7.54. The number of nitrogens with one attached hydrogen (secondary N) is 1. The lowest BCUT2D eigenvalue weighted by Gasteiger charge is -2.41. The van der Waals surface area contributed by atoms with E-state index in [4.69, 9.17) is 4.74 Å². The van der Waals surface area contributed by atoms with Crippen LogP contribution in [-0.4, -0.2) is 56.3 Å². The minimum absolute atomic E-state index is 0.0994. The molecule has 8 heteroatoms. The fourth-order valence-corrected chi connectivity index (χ4v) is 5.06. The highest BCUT2D eigenvalue weighted by Gasteiger charge is 2.43. The molecule has 0 radical (unpaired) electrons. The molecule has 2 saturated heterocycles. The van der Waals surface area contributed by atoms with Crippen molar-refractivity contribution < 1.29 is 17.9 Å². The lowest BCUT2D eigenvalue weighted by Crippen LogP contribution is -2.59. The number of benzene rings is 1. The molecule has 1 N–H and O–H groups in total. The van der Waals surface area contributed by atoms with Gasteiger partial charge in [-0.3, -0.25) is 4.79 Å². The molecule has 2 fully saturated rings. The van der Waals surface area contributed by atoms with E-state index in [2.05, 4.69) is 4.72 Å². The number of methoxy groups -OCH3 is 1. The van der Waals surface area contributed by atoms with E-state index < -0.39 is 22.3 Å². The number of likely N-dealkylation sites (tertiary alicyclic amines) is 1. The molecule has 144 valence electrons. The predicted molar refractivity (Wildman–Crippen MR) is 99.0 cm³/mol. The van der Waals surface area contributed by atoms with Crippen molar-refractivity contribution in [2.45, 2.75) is 50.7 Å². The standard InChI is InChI=1S/C18H27N3O4S/c1-13-7-4-5-10-21(13)18(22)17-12-16(19-26(23,24)20(17)2)14-8-6-9-15(11-14)25-3/h6,8-9,11,13,16-17,19H,4-5,7,10,12H2,1-3H3/t13-,16+,17+/m1/s1. The summed E-state index contributed by atoms with van der Waals surface area (Å²) in [4.78, 5) is 15.0. The van der Waals surface area contributed by atoms with Crippen LogP contribution in [0.5, 0.6) is 5.75 Å². The van der Waals surface area contributed by atoms with Gasteiger partial charge < -0.3 is 9.64 Å². The first-order valence-corrected chi connectivity index (χ1v) is 10.5. The van der Waals surface area contributed by atoms with Crippen LogP contribution in [0.4, 0.5) is 0 Å². The Morgan fingerprint density at radius 2 is 2.08 bits per heavy atom. The molecule has 1 aromatic carbocycles. The van der Waals surface area contributed by atoms with E-state index in [9.17, 15) is 13.2 Å². The number of hydrogen-bond acceptors (Lipinski definition) is 4. The smallest absolute Gasteiger partial charge is 0.280 e. The van der Waals surface area contributed by atoms with Crippen molar-refractivity contribution >= 4 is 16.1 Å². The average Bonchev–Trinajstić information content (AvgIpc) is 2.63. The third kappa shape index (κ3) is 3.72. The Balaban J connectivity index is 1.88. The molecule has 0 aromatic heterocycles. The van der Waals surface area contributed by atoms with Gasteiger partial charge in [-0.25, -0.2) is 0 Å². The molecule has 2 aliphatic heterocycles. The maximum absolute atomic E-state index is 13.1. The monoisotopic (exact) mass is 381 g/mol. The lowest BCUT2D eigenvalue weighted by atomic mass is 9.97. The molecule has 2 heterocycles. The number of carbonyl (C=O) groups excluding carboxylic acids is 1.